The van der Waals surface area contributed by atoms with E-state index in [4.69, 9.17) is 20.9 Å². The van der Waals surface area contributed by atoms with Gasteiger partial charge in [-0.2, -0.15) is 4.98 Å². The van der Waals surface area contributed by atoms with Crippen molar-refractivity contribution in [2.45, 2.75) is 39.3 Å². The van der Waals surface area contributed by atoms with Gasteiger partial charge in [-0.15, -0.1) is 0 Å². The summed E-state index contributed by atoms with van der Waals surface area (Å²) in [4.78, 5) is 19.5. The number of nitrogens with zero attached hydrogens (tertiary/aromatic N) is 3. The topological polar surface area (TPSA) is 80.5 Å². The van der Waals surface area contributed by atoms with Crippen molar-refractivity contribution in [3.05, 3.63) is 59.4 Å². The first-order chi connectivity index (χ1) is 15.5. The Bertz CT molecular complexity index is 1040. The van der Waals surface area contributed by atoms with Crippen LogP contribution in [0.25, 0.3) is 11.4 Å². The van der Waals surface area contributed by atoms with Crippen LogP contribution in [0.2, 0.25) is 5.02 Å². The molecule has 2 heterocycles. The van der Waals surface area contributed by atoms with E-state index >= 15 is 0 Å². The molecule has 168 valence electrons. The van der Waals surface area contributed by atoms with Gasteiger partial charge in [-0.1, -0.05) is 22.8 Å². The fourth-order valence-corrected chi connectivity index (χ4v) is 3.87. The Labute approximate surface area is 192 Å². The number of carbonyl (C=O) groups excluding carboxylic acids is 1. The number of aromatic nitrogens is 2. The molecule has 0 bridgehead atoms. The summed E-state index contributed by atoms with van der Waals surface area (Å²) in [6.45, 7) is 6.13. The largest absolute Gasteiger partial charge is 0.491 e. The number of rotatable bonds is 7. The second-order valence-electron chi connectivity index (χ2n) is 8.25. The highest BCUT2D eigenvalue weighted by molar-refractivity contribution is 6.30. The van der Waals surface area contributed by atoms with Gasteiger partial charge >= 0.3 is 0 Å². The Morgan fingerprint density at radius 1 is 1.22 bits per heavy atom. The molecule has 1 N–H and O–H groups in total. The van der Waals surface area contributed by atoms with Crippen LogP contribution < -0.4 is 10.1 Å². The summed E-state index contributed by atoms with van der Waals surface area (Å²) in [6.07, 6.45) is 1.66. The lowest BCUT2D eigenvalue weighted by Gasteiger charge is -2.30. The van der Waals surface area contributed by atoms with Gasteiger partial charge in [0.1, 0.15) is 5.75 Å². The molecule has 1 aliphatic heterocycles. The highest BCUT2D eigenvalue weighted by Crippen LogP contribution is 2.24. The summed E-state index contributed by atoms with van der Waals surface area (Å²) >= 11 is 5.93. The number of halogens is 1. The van der Waals surface area contributed by atoms with E-state index in [0.717, 1.165) is 42.9 Å². The fourth-order valence-electron chi connectivity index (χ4n) is 3.74. The number of ether oxygens (including phenoxy) is 1. The predicted octanol–water partition coefficient (Wildman–Crippen LogP) is 5.03. The quantitative estimate of drug-likeness (QED) is 0.539. The maximum absolute atomic E-state index is 12.7. The number of anilines is 1. The van der Waals surface area contributed by atoms with Crippen molar-refractivity contribution < 1.29 is 14.1 Å². The van der Waals surface area contributed by atoms with Crippen LogP contribution in [-0.4, -0.2) is 40.1 Å². The Hall–Kier alpha value is -2.90. The standard InChI is InChI=1S/C24H27ClN4O3/c1-16(2)31-21-5-3-4-20(14-21)26-24(30)18-10-12-29(13-11-18)15-22-27-23(28-32-22)17-6-8-19(25)9-7-17/h3-9,14,16,18H,10-13,15H2,1-2H3,(H,26,30). The van der Waals surface area contributed by atoms with E-state index in [1.165, 1.54) is 0 Å². The van der Waals surface area contributed by atoms with E-state index in [0.29, 0.717) is 23.3 Å². The monoisotopic (exact) mass is 454 g/mol. The SMILES string of the molecule is CC(C)Oc1cccc(NC(=O)C2CCN(Cc3nc(-c4ccc(Cl)cc4)no3)CC2)c1. The number of amides is 1. The van der Waals surface area contributed by atoms with Crippen LogP contribution in [0.4, 0.5) is 5.69 Å². The Morgan fingerprint density at radius 2 is 1.97 bits per heavy atom. The molecule has 3 aromatic rings. The minimum absolute atomic E-state index is 0.0202. The number of likely N-dealkylation sites (tertiary alicyclic amines) is 1. The van der Waals surface area contributed by atoms with Gasteiger partial charge in [-0.25, -0.2) is 0 Å². The molecule has 7 nitrogen and oxygen atoms in total. The van der Waals surface area contributed by atoms with Crippen LogP contribution >= 0.6 is 11.6 Å². The summed E-state index contributed by atoms with van der Waals surface area (Å²) in [7, 11) is 0. The number of hydrogen-bond acceptors (Lipinski definition) is 6. The van der Waals surface area contributed by atoms with Crippen LogP contribution in [0.15, 0.2) is 53.1 Å². The van der Waals surface area contributed by atoms with Crippen LogP contribution in [0.3, 0.4) is 0 Å². The second-order valence-corrected chi connectivity index (χ2v) is 8.69. The van der Waals surface area contributed by atoms with E-state index < -0.39 is 0 Å². The Morgan fingerprint density at radius 3 is 2.69 bits per heavy atom. The van der Waals surface area contributed by atoms with E-state index in [-0.39, 0.29) is 17.9 Å². The molecule has 8 heteroatoms. The zero-order valence-electron chi connectivity index (χ0n) is 18.3. The van der Waals surface area contributed by atoms with Crippen LogP contribution in [0, 0.1) is 5.92 Å². The van der Waals surface area contributed by atoms with Gasteiger partial charge in [-0.3, -0.25) is 9.69 Å². The van der Waals surface area contributed by atoms with Crippen LogP contribution in [0.1, 0.15) is 32.6 Å². The summed E-state index contributed by atoms with van der Waals surface area (Å²) < 4.78 is 11.1. The number of hydrogen-bond donors (Lipinski definition) is 1. The summed E-state index contributed by atoms with van der Waals surface area (Å²) in [5.41, 5.74) is 1.62. The van der Waals surface area contributed by atoms with Crippen LogP contribution in [-0.2, 0) is 11.3 Å². The molecular formula is C24H27ClN4O3. The van der Waals surface area contributed by atoms with Gasteiger partial charge in [0.2, 0.25) is 17.6 Å². The van der Waals surface area contributed by atoms with Crippen molar-refractivity contribution in [3.63, 3.8) is 0 Å². The van der Waals surface area contributed by atoms with Crippen molar-refractivity contribution in [2.75, 3.05) is 18.4 Å². The summed E-state index contributed by atoms with van der Waals surface area (Å²) in [5.74, 6) is 1.90. The Kier molecular flexibility index (Phi) is 7.07. The molecule has 0 saturated carbocycles. The third-order valence-corrected chi connectivity index (χ3v) is 5.61. The number of nitrogens with one attached hydrogen (secondary N) is 1. The van der Waals surface area contributed by atoms with E-state index in [1.807, 2.05) is 50.2 Å². The summed E-state index contributed by atoms with van der Waals surface area (Å²) in [6, 6.07) is 14.9. The highest BCUT2D eigenvalue weighted by Gasteiger charge is 2.26. The van der Waals surface area contributed by atoms with Gasteiger partial charge in [-0.05, 0) is 76.2 Å². The van der Waals surface area contributed by atoms with Gasteiger partial charge in [0.25, 0.3) is 0 Å². The summed E-state index contributed by atoms with van der Waals surface area (Å²) in [5, 5.41) is 7.76. The lowest BCUT2D eigenvalue weighted by atomic mass is 9.96. The molecule has 0 unspecified atom stereocenters. The lowest BCUT2D eigenvalue weighted by Crippen LogP contribution is -2.37. The maximum atomic E-state index is 12.7. The molecule has 1 saturated heterocycles. The first-order valence-corrected chi connectivity index (χ1v) is 11.2. The molecule has 1 amide bonds. The number of carbonyl (C=O) groups is 1. The smallest absolute Gasteiger partial charge is 0.241 e. The van der Waals surface area contributed by atoms with Gasteiger partial charge < -0.3 is 14.6 Å². The van der Waals surface area contributed by atoms with Crippen LogP contribution in [0.5, 0.6) is 5.75 Å². The Balaban J connectivity index is 1.27. The van der Waals surface area contributed by atoms with Gasteiger partial charge in [0.05, 0.1) is 12.6 Å². The fraction of sp³-hybridized carbons (Fsp3) is 0.375. The lowest BCUT2D eigenvalue weighted by molar-refractivity contribution is -0.121. The highest BCUT2D eigenvalue weighted by atomic mass is 35.5. The molecule has 2 aromatic carbocycles. The number of piperidine rings is 1. The van der Waals surface area contributed by atoms with Crippen molar-refractivity contribution in [1.82, 2.24) is 15.0 Å². The molecule has 0 spiro atoms. The normalized spacial score (nSPS) is 15.1. The minimum Gasteiger partial charge on any atom is -0.491 e. The third-order valence-electron chi connectivity index (χ3n) is 5.36. The maximum Gasteiger partial charge on any atom is 0.241 e. The second kappa shape index (κ2) is 10.1. The van der Waals surface area contributed by atoms with E-state index in [9.17, 15) is 4.79 Å². The van der Waals surface area contributed by atoms with Crippen molar-refractivity contribution in [3.8, 4) is 17.1 Å². The molecule has 0 radical (unpaired) electrons. The molecule has 1 aromatic heterocycles. The average molecular weight is 455 g/mol. The van der Waals surface area contributed by atoms with Crippen molar-refractivity contribution in [1.29, 1.82) is 0 Å². The molecule has 1 aliphatic rings. The van der Waals surface area contributed by atoms with Gasteiger partial charge in [0.15, 0.2) is 0 Å². The first kappa shape index (κ1) is 22.3. The molecule has 4 rings (SSSR count). The van der Waals surface area contributed by atoms with Gasteiger partial charge in [0, 0.05) is 28.3 Å². The number of benzene rings is 2. The first-order valence-electron chi connectivity index (χ1n) is 10.8. The zero-order valence-corrected chi connectivity index (χ0v) is 19.0. The predicted molar refractivity (Wildman–Crippen MR) is 124 cm³/mol. The third kappa shape index (κ3) is 5.87. The molecule has 1 fully saturated rings. The zero-order chi connectivity index (χ0) is 22.5. The van der Waals surface area contributed by atoms with Crippen molar-refractivity contribution in [2.24, 2.45) is 5.92 Å². The molecule has 0 aliphatic carbocycles. The minimum atomic E-state index is -0.0202. The van der Waals surface area contributed by atoms with E-state index in [1.54, 1.807) is 12.1 Å². The molecule has 0 atom stereocenters. The average Bonchev–Trinajstić information content (AvgIpc) is 3.23. The van der Waals surface area contributed by atoms with E-state index in [2.05, 4.69) is 20.4 Å². The molecule has 32 heavy (non-hydrogen) atoms. The molecular weight excluding hydrogens is 428 g/mol. The van der Waals surface area contributed by atoms with Crippen molar-refractivity contribution >= 4 is 23.2 Å².